The second-order valence-electron chi connectivity index (χ2n) is 4.98. The highest BCUT2D eigenvalue weighted by Gasteiger charge is 2.22. The van der Waals surface area contributed by atoms with Gasteiger partial charge in [0, 0.05) is 20.3 Å². The summed E-state index contributed by atoms with van der Waals surface area (Å²) in [5.41, 5.74) is 0.983. The van der Waals surface area contributed by atoms with Crippen LogP contribution in [0.5, 0.6) is 0 Å². The van der Waals surface area contributed by atoms with Gasteiger partial charge in [-0.25, -0.2) is 13.1 Å². The van der Waals surface area contributed by atoms with Crippen LogP contribution in [0.25, 0.3) is 0 Å². The van der Waals surface area contributed by atoms with Gasteiger partial charge >= 0.3 is 0 Å². The van der Waals surface area contributed by atoms with Crippen LogP contribution in [-0.2, 0) is 10.0 Å². The Labute approximate surface area is 152 Å². The maximum Gasteiger partial charge on any atom is 0.241 e. The summed E-state index contributed by atoms with van der Waals surface area (Å²) in [6.07, 6.45) is 2.04. The van der Waals surface area contributed by atoms with Gasteiger partial charge in [0.05, 0.1) is 4.90 Å². The largest absolute Gasteiger partial charge is 0.241 e. The Morgan fingerprint density at radius 1 is 1.14 bits per heavy atom. The third kappa shape index (κ3) is 5.30. The number of nitrogens with one attached hydrogen (secondary N) is 1. The molecular weight excluding hydrogens is 486 g/mol. The van der Waals surface area contributed by atoms with E-state index in [2.05, 4.69) is 66.4 Å². The van der Waals surface area contributed by atoms with E-state index in [0.29, 0.717) is 16.9 Å². The molecule has 7 heteroatoms. The molecule has 3 nitrogen and oxygen atoms in total. The van der Waals surface area contributed by atoms with Gasteiger partial charge in [-0.2, -0.15) is 0 Å². The lowest BCUT2D eigenvalue weighted by atomic mass is 10.00. The molecule has 21 heavy (non-hydrogen) atoms. The number of hydrogen-bond acceptors (Lipinski definition) is 2. The highest BCUT2D eigenvalue weighted by molar-refractivity contribution is 9.11. The lowest BCUT2D eigenvalue weighted by molar-refractivity contribution is 0.471. The fourth-order valence-electron chi connectivity index (χ4n) is 2.07. The number of halogens is 3. The summed E-state index contributed by atoms with van der Waals surface area (Å²) in [5, 5.41) is 0. The third-order valence-corrected chi connectivity index (χ3v) is 7.84. The lowest BCUT2D eigenvalue weighted by Gasteiger charge is -2.20. The fraction of sp³-hybridized carbons (Fsp3) is 0.571. The van der Waals surface area contributed by atoms with Crippen molar-refractivity contribution in [2.75, 3.05) is 6.54 Å². The molecule has 0 aliphatic rings. The van der Waals surface area contributed by atoms with Gasteiger partial charge in [0.15, 0.2) is 0 Å². The Hall–Kier alpha value is 0.570. The van der Waals surface area contributed by atoms with Crippen LogP contribution in [0.3, 0.4) is 0 Å². The molecule has 0 heterocycles. The average Bonchev–Trinajstić information content (AvgIpc) is 2.42. The van der Waals surface area contributed by atoms with Crippen LogP contribution >= 0.6 is 47.8 Å². The standard InChI is InChI=1S/C14H20Br3NO2S/c1-4-10(5-2)13(17)8-18-21(19,20)14-7-11(15)9(3)6-12(14)16/h6-7,10,13,18H,4-5,8H2,1-3H3. The highest BCUT2D eigenvalue weighted by Crippen LogP contribution is 2.29. The van der Waals surface area contributed by atoms with Crippen LogP contribution < -0.4 is 4.72 Å². The maximum atomic E-state index is 12.4. The summed E-state index contributed by atoms with van der Waals surface area (Å²) >= 11 is 10.3. The Kier molecular flexibility index (Phi) is 7.87. The minimum Gasteiger partial charge on any atom is -0.210 e. The van der Waals surface area contributed by atoms with E-state index in [4.69, 9.17) is 0 Å². The van der Waals surface area contributed by atoms with Crippen LogP contribution in [-0.4, -0.2) is 19.8 Å². The Balaban J connectivity index is 2.90. The second kappa shape index (κ2) is 8.43. The zero-order valence-electron chi connectivity index (χ0n) is 12.3. The number of rotatable bonds is 7. The number of aryl methyl sites for hydroxylation is 1. The van der Waals surface area contributed by atoms with E-state index in [1.165, 1.54) is 0 Å². The molecule has 0 fully saturated rings. The van der Waals surface area contributed by atoms with Crippen molar-refractivity contribution < 1.29 is 8.42 Å². The minimum absolute atomic E-state index is 0.134. The topological polar surface area (TPSA) is 46.2 Å². The Morgan fingerprint density at radius 3 is 2.24 bits per heavy atom. The van der Waals surface area contributed by atoms with Crippen LogP contribution in [0.1, 0.15) is 32.3 Å². The summed E-state index contributed by atoms with van der Waals surface area (Å²) in [6, 6.07) is 3.42. The van der Waals surface area contributed by atoms with Gasteiger partial charge in [-0.05, 0) is 46.5 Å². The quantitative estimate of drug-likeness (QED) is 0.530. The van der Waals surface area contributed by atoms with Gasteiger partial charge in [0.1, 0.15) is 0 Å². The molecule has 120 valence electrons. The first-order valence-corrected chi connectivity index (χ1v) is 10.8. The van der Waals surface area contributed by atoms with Crippen molar-refractivity contribution in [2.45, 2.75) is 43.3 Å². The minimum atomic E-state index is -3.53. The van der Waals surface area contributed by atoms with Crippen molar-refractivity contribution in [3.8, 4) is 0 Å². The first-order valence-electron chi connectivity index (χ1n) is 6.82. The normalized spacial score (nSPS) is 13.7. The Morgan fingerprint density at radius 2 is 1.71 bits per heavy atom. The van der Waals surface area contributed by atoms with Crippen LogP contribution in [0.15, 0.2) is 26.0 Å². The zero-order chi connectivity index (χ0) is 16.2. The molecule has 0 bridgehead atoms. The van der Waals surface area contributed by atoms with Crippen molar-refractivity contribution in [3.63, 3.8) is 0 Å². The number of alkyl halides is 1. The van der Waals surface area contributed by atoms with Gasteiger partial charge in [-0.3, -0.25) is 0 Å². The number of benzene rings is 1. The van der Waals surface area contributed by atoms with Crippen molar-refractivity contribution in [3.05, 3.63) is 26.6 Å². The molecule has 1 aromatic rings. The second-order valence-corrected chi connectivity index (χ2v) is 9.60. The van der Waals surface area contributed by atoms with Crippen LogP contribution in [0.2, 0.25) is 0 Å². The van der Waals surface area contributed by atoms with Gasteiger partial charge in [0.2, 0.25) is 10.0 Å². The molecule has 0 amide bonds. The van der Waals surface area contributed by atoms with Gasteiger partial charge < -0.3 is 0 Å². The molecule has 1 aromatic carbocycles. The smallest absolute Gasteiger partial charge is 0.210 e. The van der Waals surface area contributed by atoms with Crippen molar-refractivity contribution >= 4 is 57.8 Å². The molecular formula is C14H20Br3NO2S. The fourth-order valence-corrected chi connectivity index (χ4v) is 5.93. The molecule has 1 N–H and O–H groups in total. The van der Waals surface area contributed by atoms with Gasteiger partial charge in [0.25, 0.3) is 0 Å². The summed E-state index contributed by atoms with van der Waals surface area (Å²) in [5.74, 6) is 0.459. The molecule has 0 saturated heterocycles. The predicted octanol–water partition coefficient (Wildman–Crippen LogP) is 5.00. The summed E-state index contributed by atoms with van der Waals surface area (Å²) in [7, 11) is -3.53. The van der Waals surface area contributed by atoms with E-state index in [9.17, 15) is 8.42 Å². The molecule has 0 radical (unpaired) electrons. The molecule has 1 atom stereocenters. The van der Waals surface area contributed by atoms with E-state index < -0.39 is 10.0 Å². The van der Waals surface area contributed by atoms with Crippen LogP contribution in [0, 0.1) is 12.8 Å². The molecule has 0 saturated carbocycles. The SMILES string of the molecule is CCC(CC)C(Br)CNS(=O)(=O)c1cc(Br)c(C)cc1Br. The summed E-state index contributed by atoms with van der Waals surface area (Å²) in [6.45, 7) is 6.53. The average molecular weight is 506 g/mol. The third-order valence-electron chi connectivity index (χ3n) is 3.53. The monoisotopic (exact) mass is 503 g/mol. The van der Waals surface area contributed by atoms with Gasteiger partial charge in [-0.15, -0.1) is 0 Å². The van der Waals surface area contributed by atoms with Gasteiger partial charge in [-0.1, -0.05) is 58.5 Å². The van der Waals surface area contributed by atoms with E-state index in [1.54, 1.807) is 12.1 Å². The Bertz CT molecular complexity index is 586. The molecule has 1 unspecified atom stereocenters. The van der Waals surface area contributed by atoms with E-state index in [0.717, 1.165) is 22.9 Å². The van der Waals surface area contributed by atoms with Crippen molar-refractivity contribution in [2.24, 2.45) is 5.92 Å². The first-order chi connectivity index (χ1) is 9.72. The van der Waals surface area contributed by atoms with Crippen molar-refractivity contribution in [1.82, 2.24) is 4.72 Å². The summed E-state index contributed by atoms with van der Waals surface area (Å²) < 4.78 is 28.9. The number of hydrogen-bond donors (Lipinski definition) is 1. The number of sulfonamides is 1. The maximum absolute atomic E-state index is 12.4. The van der Waals surface area contributed by atoms with E-state index in [1.807, 2.05) is 6.92 Å². The lowest BCUT2D eigenvalue weighted by Crippen LogP contribution is -2.33. The van der Waals surface area contributed by atoms with Crippen molar-refractivity contribution in [1.29, 1.82) is 0 Å². The molecule has 0 aliphatic heterocycles. The molecule has 1 rings (SSSR count). The first kappa shape index (κ1) is 19.6. The molecule has 0 aliphatic carbocycles. The van der Waals surface area contributed by atoms with E-state index >= 15 is 0 Å². The predicted molar refractivity (Wildman–Crippen MR) is 98.6 cm³/mol. The highest BCUT2D eigenvalue weighted by atomic mass is 79.9. The molecule has 0 aromatic heterocycles. The summed E-state index contributed by atoms with van der Waals surface area (Å²) in [4.78, 5) is 0.388. The van der Waals surface area contributed by atoms with E-state index in [-0.39, 0.29) is 9.72 Å². The molecule has 0 spiro atoms. The zero-order valence-corrected chi connectivity index (χ0v) is 17.9. The van der Waals surface area contributed by atoms with Crippen LogP contribution in [0.4, 0.5) is 0 Å².